The van der Waals surface area contributed by atoms with Crippen LogP contribution in [0.5, 0.6) is 0 Å². The molecule has 0 aromatic heterocycles. The number of amides is 2. The van der Waals surface area contributed by atoms with Gasteiger partial charge in [0, 0.05) is 23.5 Å². The van der Waals surface area contributed by atoms with Crippen molar-refractivity contribution in [3.05, 3.63) is 53.1 Å². The van der Waals surface area contributed by atoms with Crippen LogP contribution in [0.3, 0.4) is 0 Å². The Morgan fingerprint density at radius 3 is 2.00 bits per heavy atom. The summed E-state index contributed by atoms with van der Waals surface area (Å²) in [6, 6.07) is 11.4. The third kappa shape index (κ3) is 4.83. The topological polar surface area (TPSA) is 70.2 Å². The highest BCUT2D eigenvalue weighted by molar-refractivity contribution is 5.97. The van der Waals surface area contributed by atoms with E-state index in [1.165, 1.54) is 5.56 Å². The van der Waals surface area contributed by atoms with Gasteiger partial charge in [-0.1, -0.05) is 25.1 Å². The van der Waals surface area contributed by atoms with E-state index in [1.807, 2.05) is 57.2 Å². The Morgan fingerprint density at radius 1 is 0.800 bits per heavy atom. The number of benzene rings is 2. The van der Waals surface area contributed by atoms with Crippen molar-refractivity contribution in [2.24, 2.45) is 0 Å². The van der Waals surface area contributed by atoms with Crippen LogP contribution in [0.1, 0.15) is 30.0 Å². The molecule has 5 nitrogen and oxygen atoms in total. The van der Waals surface area contributed by atoms with Crippen LogP contribution in [0.15, 0.2) is 36.4 Å². The maximum atomic E-state index is 12.3. The first kappa shape index (κ1) is 18.5. The Balaban J connectivity index is 2.02. The minimum atomic E-state index is -0.136. The number of carbonyl (C=O) groups is 2. The number of carbonyl (C=O) groups excluding carboxylic acids is 2. The van der Waals surface area contributed by atoms with Crippen LogP contribution >= 0.6 is 0 Å². The fraction of sp³-hybridized carbons (Fsp3) is 0.300. The predicted molar refractivity (Wildman–Crippen MR) is 103 cm³/mol. The summed E-state index contributed by atoms with van der Waals surface area (Å²) < 4.78 is 0. The number of rotatable bonds is 6. The van der Waals surface area contributed by atoms with Gasteiger partial charge in [0.05, 0.1) is 6.54 Å². The summed E-state index contributed by atoms with van der Waals surface area (Å²) in [6.45, 7) is 7.92. The van der Waals surface area contributed by atoms with Gasteiger partial charge in [-0.3, -0.25) is 9.59 Å². The van der Waals surface area contributed by atoms with Gasteiger partial charge in [-0.2, -0.15) is 0 Å². The Morgan fingerprint density at radius 2 is 1.36 bits per heavy atom. The Bertz CT molecular complexity index is 785. The average Bonchev–Trinajstić information content (AvgIpc) is 2.59. The molecule has 0 radical (unpaired) electrons. The van der Waals surface area contributed by atoms with Gasteiger partial charge in [0.25, 0.3) is 0 Å². The molecule has 3 N–H and O–H groups in total. The maximum Gasteiger partial charge on any atom is 0.243 e. The van der Waals surface area contributed by atoms with E-state index in [-0.39, 0.29) is 18.4 Å². The minimum Gasteiger partial charge on any atom is -0.376 e. The van der Waals surface area contributed by atoms with Gasteiger partial charge in [0.15, 0.2) is 0 Å². The zero-order valence-electron chi connectivity index (χ0n) is 15.2. The molecule has 0 aliphatic rings. The van der Waals surface area contributed by atoms with Crippen LogP contribution in [0, 0.1) is 20.8 Å². The van der Waals surface area contributed by atoms with Gasteiger partial charge >= 0.3 is 0 Å². The second-order valence-electron chi connectivity index (χ2n) is 6.03. The molecule has 0 saturated heterocycles. The lowest BCUT2D eigenvalue weighted by Crippen LogP contribution is -2.23. The van der Waals surface area contributed by atoms with Gasteiger partial charge in [0.2, 0.25) is 11.8 Å². The Hall–Kier alpha value is -2.82. The molecule has 2 amide bonds. The minimum absolute atomic E-state index is 0.0526. The number of hydrogen-bond acceptors (Lipinski definition) is 3. The van der Waals surface area contributed by atoms with E-state index in [0.717, 1.165) is 16.8 Å². The second-order valence-corrected chi connectivity index (χ2v) is 6.03. The van der Waals surface area contributed by atoms with Crippen molar-refractivity contribution in [3.8, 4) is 0 Å². The van der Waals surface area contributed by atoms with Crippen molar-refractivity contribution in [1.29, 1.82) is 0 Å². The lowest BCUT2D eigenvalue weighted by atomic mass is 10.1. The summed E-state index contributed by atoms with van der Waals surface area (Å²) in [5.41, 5.74) is 5.52. The highest BCUT2D eigenvalue weighted by atomic mass is 16.2. The summed E-state index contributed by atoms with van der Waals surface area (Å²) in [4.78, 5) is 23.8. The van der Waals surface area contributed by atoms with Gasteiger partial charge in [-0.25, -0.2) is 0 Å². The van der Waals surface area contributed by atoms with Crippen molar-refractivity contribution in [2.75, 3.05) is 22.5 Å². The molecule has 132 valence electrons. The molecule has 0 bridgehead atoms. The van der Waals surface area contributed by atoms with Gasteiger partial charge in [-0.15, -0.1) is 0 Å². The average molecular weight is 339 g/mol. The maximum absolute atomic E-state index is 12.3. The predicted octanol–water partition coefficient (Wildman–Crippen LogP) is 4.01. The van der Waals surface area contributed by atoms with E-state index in [9.17, 15) is 9.59 Å². The van der Waals surface area contributed by atoms with Crippen molar-refractivity contribution in [2.45, 2.75) is 34.1 Å². The lowest BCUT2D eigenvalue weighted by Gasteiger charge is -2.14. The monoisotopic (exact) mass is 339 g/mol. The summed E-state index contributed by atoms with van der Waals surface area (Å²) in [6.07, 6.45) is 0.412. The Kier molecular flexibility index (Phi) is 6.17. The van der Waals surface area contributed by atoms with Gasteiger partial charge in [0.1, 0.15) is 0 Å². The van der Waals surface area contributed by atoms with Crippen molar-refractivity contribution >= 4 is 28.9 Å². The first-order chi connectivity index (χ1) is 11.9. The molecule has 2 rings (SSSR count). The van der Waals surface area contributed by atoms with Crippen molar-refractivity contribution in [3.63, 3.8) is 0 Å². The molecule has 0 saturated carbocycles. The quantitative estimate of drug-likeness (QED) is 0.745. The van der Waals surface area contributed by atoms with Crippen LogP contribution in [-0.4, -0.2) is 18.4 Å². The zero-order valence-corrected chi connectivity index (χ0v) is 15.2. The molecule has 0 aliphatic carbocycles. The van der Waals surface area contributed by atoms with E-state index in [4.69, 9.17) is 0 Å². The first-order valence-electron chi connectivity index (χ1n) is 8.41. The number of nitrogens with one attached hydrogen (secondary N) is 3. The highest BCUT2D eigenvalue weighted by Gasteiger charge is 2.10. The largest absolute Gasteiger partial charge is 0.376 e. The second kappa shape index (κ2) is 8.33. The third-order valence-corrected chi connectivity index (χ3v) is 4.25. The summed E-state index contributed by atoms with van der Waals surface area (Å²) in [5.74, 6) is -0.189. The molecule has 0 unspecified atom stereocenters. The highest BCUT2D eigenvalue weighted by Crippen LogP contribution is 2.23. The number of anilines is 3. The molecule has 0 fully saturated rings. The number of aryl methyl sites for hydroxylation is 1. The van der Waals surface area contributed by atoms with E-state index in [2.05, 4.69) is 16.0 Å². The van der Waals surface area contributed by atoms with E-state index >= 15 is 0 Å². The first-order valence-corrected chi connectivity index (χ1v) is 8.41. The lowest BCUT2D eigenvalue weighted by molar-refractivity contribution is -0.116. The molecular formula is C20H25N3O2. The van der Waals surface area contributed by atoms with Crippen LogP contribution in [0.4, 0.5) is 17.1 Å². The number of hydrogen-bond donors (Lipinski definition) is 3. The SMILES string of the molecule is CCC(=O)Nc1cccc(NC(=O)CNc2cccc(C)c2C)c1C. The van der Waals surface area contributed by atoms with Gasteiger partial charge < -0.3 is 16.0 Å². The summed E-state index contributed by atoms with van der Waals surface area (Å²) >= 11 is 0. The van der Waals surface area contributed by atoms with Crippen LogP contribution < -0.4 is 16.0 Å². The molecule has 25 heavy (non-hydrogen) atoms. The summed E-state index contributed by atoms with van der Waals surface area (Å²) in [7, 11) is 0. The van der Waals surface area contributed by atoms with Crippen LogP contribution in [0.25, 0.3) is 0 Å². The van der Waals surface area contributed by atoms with Crippen LogP contribution in [-0.2, 0) is 9.59 Å². The molecule has 0 atom stereocenters. The van der Waals surface area contributed by atoms with Gasteiger partial charge in [-0.05, 0) is 55.7 Å². The van der Waals surface area contributed by atoms with Crippen molar-refractivity contribution < 1.29 is 9.59 Å². The molecule has 5 heteroatoms. The molecule has 0 aliphatic heterocycles. The van der Waals surface area contributed by atoms with Crippen LogP contribution in [0.2, 0.25) is 0 Å². The molecular weight excluding hydrogens is 314 g/mol. The van der Waals surface area contributed by atoms with E-state index in [1.54, 1.807) is 6.92 Å². The fourth-order valence-corrected chi connectivity index (χ4v) is 2.46. The molecule has 0 heterocycles. The smallest absolute Gasteiger partial charge is 0.243 e. The van der Waals surface area contributed by atoms with E-state index in [0.29, 0.717) is 17.8 Å². The van der Waals surface area contributed by atoms with Crippen molar-refractivity contribution in [1.82, 2.24) is 0 Å². The fourth-order valence-electron chi connectivity index (χ4n) is 2.46. The molecule has 2 aromatic rings. The standard InChI is InChI=1S/C20H25N3O2/c1-5-19(24)22-17-10-7-11-18(15(17)4)23-20(25)12-21-16-9-6-8-13(2)14(16)3/h6-11,21H,5,12H2,1-4H3,(H,22,24)(H,23,25). The summed E-state index contributed by atoms with van der Waals surface area (Å²) in [5, 5.41) is 8.90. The third-order valence-electron chi connectivity index (χ3n) is 4.25. The Labute approximate surface area is 148 Å². The zero-order chi connectivity index (χ0) is 18.4. The molecule has 0 spiro atoms. The normalized spacial score (nSPS) is 10.2. The van der Waals surface area contributed by atoms with E-state index < -0.39 is 0 Å². The molecule has 2 aromatic carbocycles.